The number of carbonyl (C=O) groups is 2. The van der Waals surface area contributed by atoms with E-state index >= 15 is 0 Å². The van der Waals surface area contributed by atoms with Gasteiger partial charge < -0.3 is 15.8 Å². The SMILES string of the molecule is NCCCCC(C=O)NC(=O)C1CCCCC1. The average molecular weight is 240 g/mol. The summed E-state index contributed by atoms with van der Waals surface area (Å²) in [5, 5.41) is 2.85. The number of hydrogen-bond acceptors (Lipinski definition) is 3. The van der Waals surface area contributed by atoms with Crippen LogP contribution in [0.5, 0.6) is 0 Å². The van der Waals surface area contributed by atoms with Crippen molar-refractivity contribution in [3.63, 3.8) is 0 Å². The average Bonchev–Trinajstić information content (AvgIpc) is 2.38. The minimum atomic E-state index is -0.323. The van der Waals surface area contributed by atoms with Gasteiger partial charge in [-0.15, -0.1) is 0 Å². The summed E-state index contributed by atoms with van der Waals surface area (Å²) >= 11 is 0. The summed E-state index contributed by atoms with van der Waals surface area (Å²) in [6.45, 7) is 0.641. The van der Waals surface area contributed by atoms with E-state index in [0.29, 0.717) is 13.0 Å². The molecule has 1 rings (SSSR count). The Kier molecular flexibility index (Phi) is 6.86. The van der Waals surface area contributed by atoms with Crippen molar-refractivity contribution in [2.45, 2.75) is 57.4 Å². The zero-order valence-corrected chi connectivity index (χ0v) is 10.5. The number of aldehydes is 1. The van der Waals surface area contributed by atoms with E-state index in [4.69, 9.17) is 5.73 Å². The van der Waals surface area contributed by atoms with Crippen LogP contribution in [0.1, 0.15) is 51.4 Å². The first-order valence-electron chi connectivity index (χ1n) is 6.73. The van der Waals surface area contributed by atoms with Crippen molar-refractivity contribution >= 4 is 12.2 Å². The van der Waals surface area contributed by atoms with Gasteiger partial charge in [-0.05, 0) is 38.6 Å². The number of amides is 1. The zero-order chi connectivity index (χ0) is 12.5. The van der Waals surface area contributed by atoms with E-state index in [1.807, 2.05) is 0 Å². The second-order valence-corrected chi connectivity index (χ2v) is 4.87. The maximum Gasteiger partial charge on any atom is 0.223 e. The van der Waals surface area contributed by atoms with E-state index in [1.165, 1.54) is 6.42 Å². The molecule has 0 aromatic heterocycles. The van der Waals surface area contributed by atoms with E-state index in [0.717, 1.165) is 44.8 Å². The summed E-state index contributed by atoms with van der Waals surface area (Å²) in [5.41, 5.74) is 5.40. The molecular formula is C13H24N2O2. The molecule has 1 saturated carbocycles. The molecule has 0 saturated heterocycles. The molecule has 0 heterocycles. The minimum absolute atomic E-state index is 0.0644. The molecule has 17 heavy (non-hydrogen) atoms. The van der Waals surface area contributed by atoms with Gasteiger partial charge in [-0.1, -0.05) is 19.3 Å². The Morgan fingerprint density at radius 1 is 1.29 bits per heavy atom. The van der Waals surface area contributed by atoms with E-state index in [2.05, 4.69) is 5.32 Å². The van der Waals surface area contributed by atoms with Crippen molar-refractivity contribution in [2.24, 2.45) is 11.7 Å². The Balaban J connectivity index is 2.28. The molecule has 4 heteroatoms. The van der Waals surface area contributed by atoms with Gasteiger partial charge in [0.1, 0.15) is 6.29 Å². The lowest BCUT2D eigenvalue weighted by atomic mass is 9.88. The molecule has 1 fully saturated rings. The molecule has 0 aromatic rings. The van der Waals surface area contributed by atoms with Gasteiger partial charge in [0.15, 0.2) is 0 Å². The lowest BCUT2D eigenvalue weighted by Crippen LogP contribution is -2.40. The van der Waals surface area contributed by atoms with E-state index in [9.17, 15) is 9.59 Å². The van der Waals surface area contributed by atoms with Crippen molar-refractivity contribution in [3.8, 4) is 0 Å². The fraction of sp³-hybridized carbons (Fsp3) is 0.846. The summed E-state index contributed by atoms with van der Waals surface area (Å²) < 4.78 is 0. The first-order valence-corrected chi connectivity index (χ1v) is 6.73. The molecule has 1 aliphatic rings. The molecule has 1 atom stereocenters. The highest BCUT2D eigenvalue weighted by molar-refractivity contribution is 5.81. The highest BCUT2D eigenvalue weighted by atomic mass is 16.2. The Bertz CT molecular complexity index is 238. The molecule has 1 aliphatic carbocycles. The Morgan fingerprint density at radius 2 is 2.00 bits per heavy atom. The van der Waals surface area contributed by atoms with Crippen LogP contribution in [0.3, 0.4) is 0 Å². The third-order valence-electron chi connectivity index (χ3n) is 3.44. The highest BCUT2D eigenvalue weighted by Gasteiger charge is 2.22. The summed E-state index contributed by atoms with van der Waals surface area (Å²) in [6.07, 6.45) is 8.80. The van der Waals surface area contributed by atoms with Crippen LogP contribution in [-0.2, 0) is 9.59 Å². The molecule has 1 unspecified atom stereocenters. The van der Waals surface area contributed by atoms with Crippen LogP contribution in [-0.4, -0.2) is 24.8 Å². The Labute approximate surface area is 103 Å². The molecule has 0 aromatic carbocycles. The van der Waals surface area contributed by atoms with Gasteiger partial charge in [0.2, 0.25) is 5.91 Å². The second kappa shape index (κ2) is 8.23. The predicted molar refractivity (Wildman–Crippen MR) is 67.5 cm³/mol. The fourth-order valence-electron chi connectivity index (χ4n) is 2.35. The topological polar surface area (TPSA) is 72.2 Å². The molecule has 3 N–H and O–H groups in total. The normalized spacial score (nSPS) is 18.6. The van der Waals surface area contributed by atoms with E-state index in [1.54, 1.807) is 0 Å². The maximum atomic E-state index is 11.9. The van der Waals surface area contributed by atoms with Gasteiger partial charge in [-0.2, -0.15) is 0 Å². The third kappa shape index (κ3) is 5.31. The van der Waals surface area contributed by atoms with Crippen LogP contribution < -0.4 is 11.1 Å². The second-order valence-electron chi connectivity index (χ2n) is 4.87. The Morgan fingerprint density at radius 3 is 2.59 bits per heavy atom. The highest BCUT2D eigenvalue weighted by Crippen LogP contribution is 2.23. The van der Waals surface area contributed by atoms with Gasteiger partial charge in [0, 0.05) is 5.92 Å². The smallest absolute Gasteiger partial charge is 0.223 e. The molecule has 0 radical (unpaired) electrons. The minimum Gasteiger partial charge on any atom is -0.346 e. The van der Waals surface area contributed by atoms with E-state index < -0.39 is 0 Å². The van der Waals surface area contributed by atoms with Gasteiger partial charge in [0.05, 0.1) is 6.04 Å². The van der Waals surface area contributed by atoms with Gasteiger partial charge >= 0.3 is 0 Å². The third-order valence-corrected chi connectivity index (χ3v) is 3.44. The van der Waals surface area contributed by atoms with Gasteiger partial charge in [-0.3, -0.25) is 4.79 Å². The molecule has 1 amide bonds. The first-order chi connectivity index (χ1) is 8.27. The predicted octanol–water partition coefficient (Wildman–Crippen LogP) is 1.38. The maximum absolute atomic E-state index is 11.9. The van der Waals surface area contributed by atoms with Crippen molar-refractivity contribution in [2.75, 3.05) is 6.54 Å². The molecule has 0 aliphatic heterocycles. The number of rotatable bonds is 7. The first kappa shape index (κ1) is 14.2. The van der Waals surface area contributed by atoms with Crippen LogP contribution in [0.2, 0.25) is 0 Å². The summed E-state index contributed by atoms with van der Waals surface area (Å²) in [4.78, 5) is 22.8. The molecule has 98 valence electrons. The largest absolute Gasteiger partial charge is 0.346 e. The number of nitrogens with one attached hydrogen (secondary N) is 1. The number of carbonyl (C=O) groups excluding carboxylic acids is 2. The number of unbranched alkanes of at least 4 members (excludes halogenated alkanes) is 1. The van der Waals surface area contributed by atoms with Crippen LogP contribution in [0.4, 0.5) is 0 Å². The van der Waals surface area contributed by atoms with Crippen LogP contribution >= 0.6 is 0 Å². The molecule has 0 bridgehead atoms. The molecule has 4 nitrogen and oxygen atoms in total. The van der Waals surface area contributed by atoms with Gasteiger partial charge in [0.25, 0.3) is 0 Å². The molecular weight excluding hydrogens is 216 g/mol. The summed E-state index contributed by atoms with van der Waals surface area (Å²) in [7, 11) is 0. The van der Waals surface area contributed by atoms with E-state index in [-0.39, 0.29) is 17.9 Å². The lowest BCUT2D eigenvalue weighted by molar-refractivity contribution is -0.128. The quantitative estimate of drug-likeness (QED) is 0.521. The van der Waals surface area contributed by atoms with Crippen LogP contribution in [0, 0.1) is 5.92 Å². The zero-order valence-electron chi connectivity index (χ0n) is 10.5. The number of hydrogen-bond donors (Lipinski definition) is 2. The fourth-order valence-corrected chi connectivity index (χ4v) is 2.35. The summed E-state index contributed by atoms with van der Waals surface area (Å²) in [5.74, 6) is 0.190. The van der Waals surface area contributed by atoms with Crippen LogP contribution in [0.15, 0.2) is 0 Å². The lowest BCUT2D eigenvalue weighted by Gasteiger charge is -2.22. The molecule has 0 spiro atoms. The standard InChI is InChI=1S/C13H24N2O2/c14-9-5-4-8-12(10-16)15-13(17)11-6-2-1-3-7-11/h10-12H,1-9,14H2,(H,15,17). The van der Waals surface area contributed by atoms with Crippen molar-refractivity contribution in [3.05, 3.63) is 0 Å². The van der Waals surface area contributed by atoms with Crippen LogP contribution in [0.25, 0.3) is 0 Å². The van der Waals surface area contributed by atoms with Crippen molar-refractivity contribution in [1.82, 2.24) is 5.32 Å². The van der Waals surface area contributed by atoms with Gasteiger partial charge in [-0.25, -0.2) is 0 Å². The monoisotopic (exact) mass is 240 g/mol. The van der Waals surface area contributed by atoms with Crippen molar-refractivity contribution in [1.29, 1.82) is 0 Å². The number of nitrogens with two attached hydrogens (primary N) is 1. The summed E-state index contributed by atoms with van der Waals surface area (Å²) in [6, 6.07) is -0.323. The van der Waals surface area contributed by atoms with Crippen molar-refractivity contribution < 1.29 is 9.59 Å². The Hall–Kier alpha value is -0.900.